The molecule has 1 atom stereocenters. The maximum Gasteiger partial charge on any atom is 0.104 e. The van der Waals surface area contributed by atoms with E-state index in [2.05, 4.69) is 28.2 Å². The van der Waals surface area contributed by atoms with Crippen LogP contribution in [-0.2, 0) is 11.3 Å². The van der Waals surface area contributed by atoms with Crippen LogP contribution in [0.5, 0.6) is 0 Å². The van der Waals surface area contributed by atoms with Crippen molar-refractivity contribution in [2.24, 2.45) is 0 Å². The molecule has 0 aliphatic carbocycles. The number of hydrogen-bond donors (Lipinski definition) is 1. The average molecular weight is 265 g/mol. The molecule has 1 unspecified atom stereocenters. The van der Waals surface area contributed by atoms with Crippen LogP contribution in [0.2, 0.25) is 0 Å². The molecule has 2 heterocycles. The van der Waals surface area contributed by atoms with Crippen LogP contribution in [0.1, 0.15) is 23.3 Å². The molecular weight excluding hydrogens is 246 g/mol. The molecule has 1 aliphatic rings. The monoisotopic (exact) mass is 265 g/mol. The topological polar surface area (TPSA) is 32.7 Å². The van der Waals surface area contributed by atoms with Crippen LogP contribution in [0, 0.1) is 11.8 Å². The third-order valence-corrected chi connectivity index (χ3v) is 4.06. The number of likely N-dealkylation sites (tertiary alicyclic amines) is 1. The Morgan fingerprint density at radius 2 is 2.50 bits per heavy atom. The lowest BCUT2D eigenvalue weighted by molar-refractivity contribution is 0.0289. The highest BCUT2D eigenvalue weighted by molar-refractivity contribution is 7.10. The molecule has 1 fully saturated rings. The van der Waals surface area contributed by atoms with Crippen molar-refractivity contribution in [3.63, 3.8) is 0 Å². The lowest BCUT2D eigenvalue weighted by atomic mass is 10.1. The summed E-state index contributed by atoms with van der Waals surface area (Å²) in [5, 5.41) is 10.7. The van der Waals surface area contributed by atoms with E-state index in [0.717, 1.165) is 25.2 Å². The molecule has 1 N–H and O–H groups in total. The summed E-state index contributed by atoms with van der Waals surface area (Å²) in [4.78, 5) is 3.77. The van der Waals surface area contributed by atoms with Gasteiger partial charge in [0.2, 0.25) is 0 Å². The molecule has 1 aliphatic heterocycles. The SMILES string of the molecule is COC1CCCN(Cc2cc(C#CCO)cs2)C1. The number of rotatable bonds is 3. The minimum atomic E-state index is -0.0766. The maximum atomic E-state index is 8.66. The van der Waals surface area contributed by atoms with Gasteiger partial charge in [-0.1, -0.05) is 11.8 Å². The van der Waals surface area contributed by atoms with E-state index in [1.54, 1.807) is 18.4 Å². The van der Waals surface area contributed by atoms with E-state index >= 15 is 0 Å². The van der Waals surface area contributed by atoms with Gasteiger partial charge >= 0.3 is 0 Å². The second kappa shape index (κ2) is 6.91. The summed E-state index contributed by atoms with van der Waals surface area (Å²) < 4.78 is 5.43. The van der Waals surface area contributed by atoms with Crippen LogP contribution in [-0.4, -0.2) is 42.9 Å². The van der Waals surface area contributed by atoms with Crippen molar-refractivity contribution in [1.82, 2.24) is 4.90 Å². The van der Waals surface area contributed by atoms with Crippen molar-refractivity contribution in [3.05, 3.63) is 21.9 Å². The highest BCUT2D eigenvalue weighted by Gasteiger charge is 2.19. The van der Waals surface area contributed by atoms with Crippen LogP contribution >= 0.6 is 11.3 Å². The Morgan fingerprint density at radius 3 is 3.28 bits per heavy atom. The molecule has 4 heteroatoms. The van der Waals surface area contributed by atoms with Crippen molar-refractivity contribution in [1.29, 1.82) is 0 Å². The standard InChI is InChI=1S/C14H19NO2S/c1-17-13-5-2-6-15(9-13)10-14-8-12(11-18-14)4-3-7-16/h8,11,13,16H,2,5-7,9-10H2,1H3. The van der Waals surface area contributed by atoms with E-state index in [1.165, 1.54) is 17.7 Å². The third kappa shape index (κ3) is 3.82. The lowest BCUT2D eigenvalue weighted by Crippen LogP contribution is -2.38. The van der Waals surface area contributed by atoms with Crippen LogP contribution < -0.4 is 0 Å². The Kier molecular flexibility index (Phi) is 5.21. The van der Waals surface area contributed by atoms with Crippen molar-refractivity contribution in [3.8, 4) is 11.8 Å². The average Bonchev–Trinajstić information content (AvgIpc) is 2.84. The summed E-state index contributed by atoms with van der Waals surface area (Å²) in [6, 6.07) is 2.11. The molecule has 0 aromatic carbocycles. The van der Waals surface area contributed by atoms with Crippen LogP contribution in [0.4, 0.5) is 0 Å². The van der Waals surface area contributed by atoms with Crippen LogP contribution in [0.15, 0.2) is 11.4 Å². The predicted octanol–water partition coefficient (Wildman–Crippen LogP) is 1.70. The molecule has 0 bridgehead atoms. The van der Waals surface area contributed by atoms with Crippen LogP contribution in [0.25, 0.3) is 0 Å². The first-order chi connectivity index (χ1) is 8.81. The fraction of sp³-hybridized carbons (Fsp3) is 0.571. The Labute approximate surface area is 112 Å². The molecule has 18 heavy (non-hydrogen) atoms. The summed E-state index contributed by atoms with van der Waals surface area (Å²) >= 11 is 1.74. The van der Waals surface area contributed by atoms with Gasteiger partial charge in [0.25, 0.3) is 0 Å². The Morgan fingerprint density at radius 1 is 1.61 bits per heavy atom. The number of piperidine rings is 1. The van der Waals surface area contributed by atoms with E-state index < -0.39 is 0 Å². The maximum absolute atomic E-state index is 8.66. The van der Waals surface area contributed by atoms with E-state index in [9.17, 15) is 0 Å². The number of methoxy groups -OCH3 is 1. The zero-order valence-corrected chi connectivity index (χ0v) is 11.5. The van der Waals surface area contributed by atoms with E-state index in [-0.39, 0.29) is 6.61 Å². The molecule has 2 rings (SSSR count). The Bertz CT molecular complexity index is 432. The largest absolute Gasteiger partial charge is 0.384 e. The van der Waals surface area contributed by atoms with Gasteiger partial charge in [0.15, 0.2) is 0 Å². The van der Waals surface area contributed by atoms with Gasteiger partial charge in [0, 0.05) is 36.0 Å². The van der Waals surface area contributed by atoms with Gasteiger partial charge in [0.05, 0.1) is 6.10 Å². The summed E-state index contributed by atoms with van der Waals surface area (Å²) in [7, 11) is 1.79. The van der Waals surface area contributed by atoms with Gasteiger partial charge < -0.3 is 9.84 Å². The van der Waals surface area contributed by atoms with Gasteiger partial charge in [-0.25, -0.2) is 0 Å². The number of hydrogen-bond acceptors (Lipinski definition) is 4. The minimum absolute atomic E-state index is 0.0766. The molecule has 0 saturated carbocycles. The zero-order chi connectivity index (χ0) is 12.8. The van der Waals surface area contributed by atoms with Gasteiger partial charge in [0.1, 0.15) is 6.61 Å². The molecular formula is C14H19NO2S. The fourth-order valence-electron chi connectivity index (χ4n) is 2.24. The van der Waals surface area contributed by atoms with Gasteiger partial charge in [-0.15, -0.1) is 11.3 Å². The first kappa shape index (κ1) is 13.6. The minimum Gasteiger partial charge on any atom is -0.384 e. The Hall–Kier alpha value is -0.860. The number of aliphatic hydroxyl groups excluding tert-OH is 1. The molecule has 1 aromatic rings. The Balaban J connectivity index is 1.90. The molecule has 1 aromatic heterocycles. The number of aliphatic hydroxyl groups is 1. The first-order valence-electron chi connectivity index (χ1n) is 6.24. The second-order valence-corrected chi connectivity index (χ2v) is 5.49. The third-order valence-electron chi connectivity index (χ3n) is 3.14. The highest BCUT2D eigenvalue weighted by atomic mass is 32.1. The summed E-state index contributed by atoms with van der Waals surface area (Å²) in [6.45, 7) is 3.07. The molecule has 0 amide bonds. The first-order valence-corrected chi connectivity index (χ1v) is 7.12. The number of nitrogens with zero attached hydrogens (tertiary/aromatic N) is 1. The van der Waals surface area contributed by atoms with Gasteiger partial charge in [-0.05, 0) is 25.5 Å². The van der Waals surface area contributed by atoms with Crippen molar-refractivity contribution in [2.45, 2.75) is 25.5 Å². The molecule has 0 radical (unpaired) electrons. The molecule has 0 spiro atoms. The fourth-order valence-corrected chi connectivity index (χ4v) is 3.10. The number of thiophene rings is 1. The smallest absolute Gasteiger partial charge is 0.104 e. The lowest BCUT2D eigenvalue weighted by Gasteiger charge is -2.31. The quantitative estimate of drug-likeness (QED) is 0.844. The summed E-state index contributed by atoms with van der Waals surface area (Å²) in [5.74, 6) is 5.62. The van der Waals surface area contributed by atoms with Crippen molar-refractivity contribution in [2.75, 3.05) is 26.8 Å². The molecule has 3 nitrogen and oxygen atoms in total. The highest BCUT2D eigenvalue weighted by Crippen LogP contribution is 2.19. The van der Waals surface area contributed by atoms with E-state index in [1.807, 2.05) is 0 Å². The van der Waals surface area contributed by atoms with E-state index in [4.69, 9.17) is 9.84 Å². The van der Waals surface area contributed by atoms with Gasteiger partial charge in [-0.2, -0.15) is 0 Å². The van der Waals surface area contributed by atoms with Crippen molar-refractivity contribution >= 4 is 11.3 Å². The number of ether oxygens (including phenoxy) is 1. The zero-order valence-electron chi connectivity index (χ0n) is 10.7. The summed E-state index contributed by atoms with van der Waals surface area (Å²) in [6.07, 6.45) is 2.76. The predicted molar refractivity (Wildman–Crippen MR) is 73.6 cm³/mol. The van der Waals surface area contributed by atoms with Gasteiger partial charge in [-0.3, -0.25) is 4.90 Å². The summed E-state index contributed by atoms with van der Waals surface area (Å²) in [5.41, 5.74) is 1.00. The van der Waals surface area contributed by atoms with Crippen molar-refractivity contribution < 1.29 is 9.84 Å². The van der Waals surface area contributed by atoms with E-state index in [0.29, 0.717) is 6.10 Å². The normalized spacial score (nSPS) is 20.4. The van der Waals surface area contributed by atoms with Crippen LogP contribution in [0.3, 0.4) is 0 Å². The molecule has 98 valence electrons. The second-order valence-electron chi connectivity index (χ2n) is 4.50. The molecule has 1 saturated heterocycles.